The zero-order valence-electron chi connectivity index (χ0n) is 11.3. The van der Waals surface area contributed by atoms with Crippen LogP contribution >= 0.6 is 0 Å². The van der Waals surface area contributed by atoms with Crippen LogP contribution in [0.15, 0.2) is 42.6 Å². The van der Waals surface area contributed by atoms with E-state index in [0.29, 0.717) is 25.5 Å². The van der Waals surface area contributed by atoms with Crippen LogP contribution in [0.4, 0.5) is 5.69 Å². The summed E-state index contributed by atoms with van der Waals surface area (Å²) < 4.78 is 11.5. The van der Waals surface area contributed by atoms with Gasteiger partial charge in [-0.1, -0.05) is 30.3 Å². The Hall–Kier alpha value is -1.91. The van der Waals surface area contributed by atoms with Gasteiger partial charge in [-0.05, 0) is 11.6 Å². The summed E-state index contributed by atoms with van der Waals surface area (Å²) in [6.45, 7) is 1.76. The Balaban J connectivity index is 1.52. The summed E-state index contributed by atoms with van der Waals surface area (Å²) in [4.78, 5) is 4.37. The molecule has 1 aromatic carbocycles. The Morgan fingerprint density at radius 3 is 3.00 bits per heavy atom. The van der Waals surface area contributed by atoms with Crippen molar-refractivity contribution < 1.29 is 9.47 Å². The fraction of sp³-hybridized carbons (Fsp3) is 0.312. The van der Waals surface area contributed by atoms with E-state index < -0.39 is 0 Å². The van der Waals surface area contributed by atoms with Crippen LogP contribution in [0.2, 0.25) is 0 Å². The second-order valence-corrected chi connectivity index (χ2v) is 5.01. The molecular formula is C16H18N2O2. The van der Waals surface area contributed by atoms with E-state index in [-0.39, 0.29) is 6.10 Å². The Bertz CT molecular complexity index is 572. The van der Waals surface area contributed by atoms with Gasteiger partial charge in [-0.15, -0.1) is 0 Å². The molecule has 1 atom stereocenters. The van der Waals surface area contributed by atoms with Crippen LogP contribution in [0.5, 0.6) is 0 Å². The largest absolute Gasteiger partial charge is 0.397 e. The third-order valence-corrected chi connectivity index (χ3v) is 3.39. The van der Waals surface area contributed by atoms with Crippen molar-refractivity contribution in [3.8, 4) is 0 Å². The number of pyridine rings is 1. The number of anilines is 1. The number of nitrogens with two attached hydrogens (primary N) is 1. The summed E-state index contributed by atoms with van der Waals surface area (Å²) in [5.74, 6) is 0. The molecule has 0 saturated carbocycles. The number of benzene rings is 1. The van der Waals surface area contributed by atoms with Gasteiger partial charge in [0, 0.05) is 17.7 Å². The first-order chi connectivity index (χ1) is 9.81. The summed E-state index contributed by atoms with van der Waals surface area (Å²) in [5.41, 5.74) is 9.74. The lowest BCUT2D eigenvalue weighted by Gasteiger charge is -2.24. The molecule has 1 aliphatic heterocycles. The van der Waals surface area contributed by atoms with Gasteiger partial charge >= 0.3 is 0 Å². The van der Waals surface area contributed by atoms with Crippen molar-refractivity contribution in [2.45, 2.75) is 25.7 Å². The molecule has 0 radical (unpaired) electrons. The van der Waals surface area contributed by atoms with Crippen molar-refractivity contribution in [3.05, 3.63) is 59.4 Å². The van der Waals surface area contributed by atoms with Crippen molar-refractivity contribution in [3.63, 3.8) is 0 Å². The predicted octanol–water partition coefficient (Wildman–Crippen LogP) is 2.32. The van der Waals surface area contributed by atoms with Gasteiger partial charge in [-0.2, -0.15) is 0 Å². The highest BCUT2D eigenvalue weighted by molar-refractivity contribution is 5.40. The molecular weight excluding hydrogens is 252 g/mol. The van der Waals surface area contributed by atoms with Gasteiger partial charge in [0.2, 0.25) is 0 Å². The number of ether oxygens (including phenoxy) is 2. The number of fused-ring (bicyclic) bond motifs is 1. The van der Waals surface area contributed by atoms with Crippen molar-refractivity contribution in [2.75, 3.05) is 12.3 Å². The van der Waals surface area contributed by atoms with Crippen molar-refractivity contribution in [2.24, 2.45) is 0 Å². The molecule has 0 fully saturated rings. The molecule has 0 spiro atoms. The van der Waals surface area contributed by atoms with Gasteiger partial charge in [-0.25, -0.2) is 0 Å². The molecule has 4 heteroatoms. The van der Waals surface area contributed by atoms with Crippen molar-refractivity contribution >= 4 is 5.69 Å². The molecule has 2 aromatic rings. The lowest BCUT2D eigenvalue weighted by Crippen LogP contribution is -2.28. The molecule has 20 heavy (non-hydrogen) atoms. The number of hydrogen-bond donors (Lipinski definition) is 1. The van der Waals surface area contributed by atoms with Gasteiger partial charge in [-0.3, -0.25) is 4.98 Å². The predicted molar refractivity (Wildman–Crippen MR) is 77.0 cm³/mol. The number of nitrogen functional groups attached to an aromatic ring is 1. The van der Waals surface area contributed by atoms with E-state index in [4.69, 9.17) is 15.2 Å². The SMILES string of the molecule is Nc1cnc2c(c1)COC(COCc1ccccc1)C2. The van der Waals surface area contributed by atoms with E-state index in [2.05, 4.69) is 17.1 Å². The molecule has 104 valence electrons. The maximum atomic E-state index is 5.78. The zero-order chi connectivity index (χ0) is 13.8. The highest BCUT2D eigenvalue weighted by atomic mass is 16.5. The third-order valence-electron chi connectivity index (χ3n) is 3.39. The minimum absolute atomic E-state index is 0.0716. The quantitative estimate of drug-likeness (QED) is 0.926. The molecule has 0 amide bonds. The van der Waals surface area contributed by atoms with Gasteiger partial charge in [0.15, 0.2) is 0 Å². The summed E-state index contributed by atoms with van der Waals surface area (Å²) in [6.07, 6.45) is 2.55. The van der Waals surface area contributed by atoms with E-state index >= 15 is 0 Å². The highest BCUT2D eigenvalue weighted by Crippen LogP contribution is 2.20. The van der Waals surface area contributed by atoms with Crippen LogP contribution in [0.1, 0.15) is 16.8 Å². The monoisotopic (exact) mass is 270 g/mol. The summed E-state index contributed by atoms with van der Waals surface area (Å²) >= 11 is 0. The Kier molecular flexibility index (Phi) is 3.95. The van der Waals surface area contributed by atoms with Crippen LogP contribution in [0, 0.1) is 0 Å². The molecule has 2 heterocycles. The molecule has 1 aliphatic rings. The molecule has 4 nitrogen and oxygen atoms in total. The average molecular weight is 270 g/mol. The minimum Gasteiger partial charge on any atom is -0.397 e. The van der Waals surface area contributed by atoms with E-state index in [0.717, 1.165) is 17.7 Å². The molecule has 0 bridgehead atoms. The average Bonchev–Trinajstić information content (AvgIpc) is 2.48. The summed E-state index contributed by atoms with van der Waals surface area (Å²) in [6, 6.07) is 12.1. The van der Waals surface area contributed by atoms with Crippen molar-refractivity contribution in [1.82, 2.24) is 4.98 Å². The fourth-order valence-electron chi connectivity index (χ4n) is 2.34. The lowest BCUT2D eigenvalue weighted by molar-refractivity contribution is -0.0376. The van der Waals surface area contributed by atoms with Crippen LogP contribution in [0.3, 0.4) is 0 Å². The second kappa shape index (κ2) is 6.03. The number of hydrogen-bond acceptors (Lipinski definition) is 4. The smallest absolute Gasteiger partial charge is 0.0868 e. The number of rotatable bonds is 4. The lowest BCUT2D eigenvalue weighted by atomic mass is 10.1. The fourth-order valence-corrected chi connectivity index (χ4v) is 2.34. The normalized spacial score (nSPS) is 17.7. The van der Waals surface area contributed by atoms with Gasteiger partial charge in [0.05, 0.1) is 37.8 Å². The molecule has 3 rings (SSSR count). The molecule has 0 saturated heterocycles. The third kappa shape index (κ3) is 3.15. The maximum absolute atomic E-state index is 5.78. The van der Waals surface area contributed by atoms with Gasteiger partial charge in [0.25, 0.3) is 0 Å². The first-order valence-corrected chi connectivity index (χ1v) is 6.78. The first kappa shape index (κ1) is 13.1. The van der Waals surface area contributed by atoms with Gasteiger partial charge < -0.3 is 15.2 Å². The van der Waals surface area contributed by atoms with Crippen LogP contribution in [-0.2, 0) is 29.1 Å². The molecule has 2 N–H and O–H groups in total. The molecule has 1 unspecified atom stereocenters. The minimum atomic E-state index is 0.0716. The Morgan fingerprint density at radius 2 is 2.15 bits per heavy atom. The van der Waals surface area contributed by atoms with Crippen molar-refractivity contribution in [1.29, 1.82) is 0 Å². The Morgan fingerprint density at radius 1 is 1.30 bits per heavy atom. The van der Waals surface area contributed by atoms with E-state index in [1.54, 1.807) is 6.20 Å². The van der Waals surface area contributed by atoms with E-state index in [1.165, 1.54) is 5.56 Å². The summed E-state index contributed by atoms with van der Waals surface area (Å²) in [7, 11) is 0. The highest BCUT2D eigenvalue weighted by Gasteiger charge is 2.20. The van der Waals surface area contributed by atoms with Crippen LogP contribution < -0.4 is 5.73 Å². The summed E-state index contributed by atoms with van der Waals surface area (Å²) in [5, 5.41) is 0. The number of nitrogens with zero attached hydrogens (tertiary/aromatic N) is 1. The van der Waals surface area contributed by atoms with Crippen LogP contribution in [-0.4, -0.2) is 17.7 Å². The van der Waals surface area contributed by atoms with E-state index in [9.17, 15) is 0 Å². The van der Waals surface area contributed by atoms with Gasteiger partial charge in [0.1, 0.15) is 0 Å². The first-order valence-electron chi connectivity index (χ1n) is 6.78. The second-order valence-electron chi connectivity index (χ2n) is 5.01. The topological polar surface area (TPSA) is 57.4 Å². The standard InChI is InChI=1S/C16H18N2O2/c17-14-6-13-10-20-15(7-16(13)18-8-14)11-19-9-12-4-2-1-3-5-12/h1-6,8,15H,7,9-11,17H2. The zero-order valence-corrected chi connectivity index (χ0v) is 11.3. The maximum Gasteiger partial charge on any atom is 0.0868 e. The molecule has 1 aromatic heterocycles. The number of aromatic nitrogens is 1. The van der Waals surface area contributed by atoms with E-state index in [1.807, 2.05) is 24.3 Å². The molecule has 0 aliphatic carbocycles. The Labute approximate surface area is 118 Å². The van der Waals surface area contributed by atoms with Crippen LogP contribution in [0.25, 0.3) is 0 Å².